The molecule has 0 aromatic rings. The van der Waals surface area contributed by atoms with Crippen LogP contribution in [0.25, 0.3) is 0 Å². The predicted molar refractivity (Wildman–Crippen MR) is 33.3 cm³/mol. The minimum absolute atomic E-state index is 0.291. The first-order valence-electron chi connectivity index (χ1n) is 2.66. The Balaban J connectivity index is 2.16. The van der Waals surface area contributed by atoms with E-state index in [-0.39, 0.29) is 0 Å². The first-order valence-corrected chi connectivity index (χ1v) is 4.05. The molecule has 1 saturated carbocycles. The standard InChI is InChI=1S/C5H9O2P/c1-2-8(6)7-5-3-4-5/h2,5,8H,1,3-4H2. The summed E-state index contributed by atoms with van der Waals surface area (Å²) in [4.78, 5) is 0. The zero-order valence-electron chi connectivity index (χ0n) is 4.59. The van der Waals surface area contributed by atoms with Gasteiger partial charge >= 0.3 is 0 Å². The molecule has 0 amide bonds. The van der Waals surface area contributed by atoms with Gasteiger partial charge in [0.15, 0.2) is 0 Å². The summed E-state index contributed by atoms with van der Waals surface area (Å²) < 4.78 is 15.4. The summed E-state index contributed by atoms with van der Waals surface area (Å²) in [5.74, 6) is 1.38. The molecule has 1 rings (SSSR count). The average molecular weight is 132 g/mol. The van der Waals surface area contributed by atoms with Crippen LogP contribution in [0.2, 0.25) is 0 Å². The molecule has 8 heavy (non-hydrogen) atoms. The van der Waals surface area contributed by atoms with Crippen molar-refractivity contribution in [2.24, 2.45) is 0 Å². The normalized spacial score (nSPS) is 22.5. The SMILES string of the molecule is C=C[PH](=O)OC1CC1. The lowest BCUT2D eigenvalue weighted by Crippen LogP contribution is -1.77. The zero-order chi connectivity index (χ0) is 5.98. The topological polar surface area (TPSA) is 26.3 Å². The van der Waals surface area contributed by atoms with E-state index in [0.29, 0.717) is 6.10 Å². The minimum Gasteiger partial charge on any atom is -0.324 e. The van der Waals surface area contributed by atoms with Crippen molar-refractivity contribution in [1.82, 2.24) is 0 Å². The van der Waals surface area contributed by atoms with Crippen molar-refractivity contribution in [3.8, 4) is 0 Å². The Bertz CT molecular complexity index is 118. The summed E-state index contributed by atoms with van der Waals surface area (Å²) >= 11 is 0. The molecule has 0 radical (unpaired) electrons. The largest absolute Gasteiger partial charge is 0.324 e. The van der Waals surface area contributed by atoms with E-state index in [9.17, 15) is 4.57 Å². The molecular weight excluding hydrogens is 123 g/mol. The lowest BCUT2D eigenvalue weighted by Gasteiger charge is -1.92. The summed E-state index contributed by atoms with van der Waals surface area (Å²) in [7, 11) is -1.85. The van der Waals surface area contributed by atoms with Gasteiger partial charge in [0.05, 0.1) is 6.10 Å². The Labute approximate surface area is 49.4 Å². The third-order valence-corrected chi connectivity index (χ3v) is 1.87. The maximum absolute atomic E-state index is 10.5. The summed E-state index contributed by atoms with van der Waals surface area (Å²) in [5.41, 5.74) is 0. The molecule has 0 N–H and O–H groups in total. The van der Waals surface area contributed by atoms with Gasteiger partial charge in [0.25, 0.3) is 0 Å². The highest BCUT2D eigenvalue weighted by Crippen LogP contribution is 2.35. The molecule has 0 aromatic carbocycles. The molecule has 1 aliphatic rings. The molecule has 0 bridgehead atoms. The molecule has 2 nitrogen and oxygen atoms in total. The fourth-order valence-corrected chi connectivity index (χ4v) is 1.06. The van der Waals surface area contributed by atoms with Crippen LogP contribution in [-0.4, -0.2) is 6.10 Å². The van der Waals surface area contributed by atoms with E-state index in [1.807, 2.05) is 0 Å². The second kappa shape index (κ2) is 2.47. The number of hydrogen-bond donors (Lipinski definition) is 0. The van der Waals surface area contributed by atoms with Crippen LogP contribution in [0.4, 0.5) is 0 Å². The summed E-state index contributed by atoms with van der Waals surface area (Å²) in [5, 5.41) is 0. The predicted octanol–water partition coefficient (Wildman–Crippen LogP) is 1.78. The van der Waals surface area contributed by atoms with Crippen molar-refractivity contribution in [3.05, 3.63) is 12.4 Å². The van der Waals surface area contributed by atoms with Crippen LogP contribution >= 0.6 is 8.03 Å². The fourth-order valence-electron chi connectivity index (χ4n) is 0.398. The first kappa shape index (κ1) is 6.06. The molecule has 0 saturated heterocycles. The maximum Gasteiger partial charge on any atom is 0.213 e. The van der Waals surface area contributed by atoms with E-state index in [4.69, 9.17) is 4.52 Å². The highest BCUT2D eigenvalue weighted by molar-refractivity contribution is 7.42. The zero-order valence-corrected chi connectivity index (χ0v) is 5.59. The van der Waals surface area contributed by atoms with Crippen molar-refractivity contribution in [2.75, 3.05) is 0 Å². The molecule has 0 aliphatic heterocycles. The molecule has 1 aliphatic carbocycles. The van der Waals surface area contributed by atoms with Crippen molar-refractivity contribution in [1.29, 1.82) is 0 Å². The van der Waals surface area contributed by atoms with Gasteiger partial charge in [-0.15, -0.1) is 0 Å². The van der Waals surface area contributed by atoms with Gasteiger partial charge in [0.1, 0.15) is 0 Å². The van der Waals surface area contributed by atoms with Crippen LogP contribution in [0.15, 0.2) is 12.4 Å². The minimum atomic E-state index is -1.85. The van der Waals surface area contributed by atoms with Gasteiger partial charge < -0.3 is 4.52 Å². The monoisotopic (exact) mass is 132 g/mol. The maximum atomic E-state index is 10.5. The van der Waals surface area contributed by atoms with Gasteiger partial charge in [0, 0.05) is 0 Å². The summed E-state index contributed by atoms with van der Waals surface area (Å²) in [6.07, 6.45) is 2.44. The van der Waals surface area contributed by atoms with Crippen molar-refractivity contribution < 1.29 is 9.09 Å². The van der Waals surface area contributed by atoms with Crippen LogP contribution in [0.5, 0.6) is 0 Å². The highest BCUT2D eigenvalue weighted by atomic mass is 31.1. The van der Waals surface area contributed by atoms with Crippen LogP contribution in [0, 0.1) is 0 Å². The second-order valence-corrected chi connectivity index (χ2v) is 3.12. The molecule has 1 atom stereocenters. The highest BCUT2D eigenvalue weighted by Gasteiger charge is 2.23. The second-order valence-electron chi connectivity index (χ2n) is 1.84. The van der Waals surface area contributed by atoms with Crippen LogP contribution in [0.3, 0.4) is 0 Å². The molecule has 0 heterocycles. The fraction of sp³-hybridized carbons (Fsp3) is 0.600. The van der Waals surface area contributed by atoms with Gasteiger partial charge in [-0.2, -0.15) is 0 Å². The van der Waals surface area contributed by atoms with E-state index in [1.165, 1.54) is 5.82 Å². The van der Waals surface area contributed by atoms with Gasteiger partial charge in [-0.25, -0.2) is 0 Å². The van der Waals surface area contributed by atoms with Crippen molar-refractivity contribution in [2.45, 2.75) is 18.9 Å². The lowest BCUT2D eigenvalue weighted by atomic mass is 10.9. The molecule has 1 unspecified atom stereocenters. The van der Waals surface area contributed by atoms with E-state index in [1.54, 1.807) is 0 Å². The van der Waals surface area contributed by atoms with E-state index in [2.05, 4.69) is 6.58 Å². The van der Waals surface area contributed by atoms with Gasteiger partial charge in [-0.05, 0) is 18.7 Å². The summed E-state index contributed by atoms with van der Waals surface area (Å²) in [6, 6.07) is 0. The third-order valence-electron chi connectivity index (χ3n) is 0.974. The Hall–Kier alpha value is -0.0700. The first-order chi connectivity index (χ1) is 3.83. The van der Waals surface area contributed by atoms with E-state index < -0.39 is 8.03 Å². The van der Waals surface area contributed by atoms with Crippen molar-refractivity contribution in [3.63, 3.8) is 0 Å². The quantitative estimate of drug-likeness (QED) is 0.547. The molecule has 3 heteroatoms. The van der Waals surface area contributed by atoms with Gasteiger partial charge in [-0.3, -0.25) is 4.57 Å². The number of rotatable bonds is 3. The molecule has 0 spiro atoms. The van der Waals surface area contributed by atoms with E-state index in [0.717, 1.165) is 12.8 Å². The Kier molecular flexibility index (Phi) is 1.87. The smallest absolute Gasteiger partial charge is 0.213 e. The van der Waals surface area contributed by atoms with Gasteiger partial charge in [0.2, 0.25) is 8.03 Å². The molecule has 1 fully saturated rings. The van der Waals surface area contributed by atoms with Crippen LogP contribution < -0.4 is 0 Å². The molecule has 46 valence electrons. The molecular formula is C5H9O2P. The third kappa shape index (κ3) is 1.81. The molecule has 0 aromatic heterocycles. The Morgan fingerprint density at radius 2 is 2.38 bits per heavy atom. The Morgan fingerprint density at radius 1 is 1.75 bits per heavy atom. The Morgan fingerprint density at radius 3 is 2.75 bits per heavy atom. The van der Waals surface area contributed by atoms with Crippen LogP contribution in [-0.2, 0) is 9.09 Å². The lowest BCUT2D eigenvalue weighted by molar-refractivity contribution is 0.321. The van der Waals surface area contributed by atoms with E-state index >= 15 is 0 Å². The van der Waals surface area contributed by atoms with Crippen molar-refractivity contribution >= 4 is 8.03 Å². The number of hydrogen-bond acceptors (Lipinski definition) is 2. The summed E-state index contributed by atoms with van der Waals surface area (Å²) in [6.45, 7) is 3.35. The van der Waals surface area contributed by atoms with Crippen LogP contribution in [0.1, 0.15) is 12.8 Å². The van der Waals surface area contributed by atoms with Gasteiger partial charge in [-0.1, -0.05) is 6.58 Å². The average Bonchev–Trinajstić information content (AvgIpc) is 2.50.